The van der Waals surface area contributed by atoms with Crippen LogP contribution in [0.25, 0.3) is 31.8 Å². The standard InChI is InChI=1S/C22H21N3OS2/c1-3-25(4-2)20(27)14-26-18-10-7-8-15-12-13-17(23-21(15)18)22-24-16-9-5-6-11-19(16)28-22/h5-13H,3-4,14H2,1-2H3. The molecule has 2 aromatic heterocycles. The summed E-state index contributed by atoms with van der Waals surface area (Å²) in [7, 11) is 0. The second-order valence-corrected chi connectivity index (χ2v) is 7.87. The number of hydrogen-bond acceptors (Lipinski definition) is 5. The summed E-state index contributed by atoms with van der Waals surface area (Å²) in [5.41, 5.74) is 2.69. The van der Waals surface area contributed by atoms with Crippen LogP contribution in [-0.2, 0) is 0 Å². The smallest absolute Gasteiger partial charge is 0.146 e. The van der Waals surface area contributed by atoms with E-state index in [0.29, 0.717) is 6.61 Å². The predicted octanol–water partition coefficient (Wildman–Crippen LogP) is 5.56. The van der Waals surface area contributed by atoms with Crippen LogP contribution in [0.5, 0.6) is 5.75 Å². The van der Waals surface area contributed by atoms with Gasteiger partial charge in [-0.25, -0.2) is 9.97 Å². The lowest BCUT2D eigenvalue weighted by molar-refractivity contribution is 0.352. The normalized spacial score (nSPS) is 11.1. The molecule has 4 aromatic rings. The van der Waals surface area contributed by atoms with Gasteiger partial charge in [0.25, 0.3) is 0 Å². The molecule has 2 aromatic carbocycles. The van der Waals surface area contributed by atoms with Crippen LogP contribution in [0.2, 0.25) is 0 Å². The van der Waals surface area contributed by atoms with Gasteiger partial charge >= 0.3 is 0 Å². The van der Waals surface area contributed by atoms with Gasteiger partial charge in [-0.3, -0.25) is 0 Å². The lowest BCUT2D eigenvalue weighted by Crippen LogP contribution is -2.33. The van der Waals surface area contributed by atoms with E-state index < -0.39 is 0 Å². The van der Waals surface area contributed by atoms with Gasteiger partial charge in [-0.15, -0.1) is 11.3 Å². The largest absolute Gasteiger partial charge is 0.484 e. The summed E-state index contributed by atoms with van der Waals surface area (Å²) in [5.74, 6) is 0.745. The molecule has 0 radical (unpaired) electrons. The Bertz CT molecular complexity index is 1100. The minimum absolute atomic E-state index is 0.378. The van der Waals surface area contributed by atoms with E-state index in [-0.39, 0.29) is 0 Å². The molecule has 0 bridgehead atoms. The minimum atomic E-state index is 0.378. The molecule has 0 saturated heterocycles. The average molecular weight is 408 g/mol. The van der Waals surface area contributed by atoms with Crippen LogP contribution in [0.4, 0.5) is 0 Å². The molecule has 0 N–H and O–H groups in total. The van der Waals surface area contributed by atoms with Gasteiger partial charge in [0.1, 0.15) is 27.9 Å². The topological polar surface area (TPSA) is 38.2 Å². The van der Waals surface area contributed by atoms with E-state index in [0.717, 1.165) is 55.6 Å². The van der Waals surface area contributed by atoms with Gasteiger partial charge in [-0.05, 0) is 38.1 Å². The number of thiazole rings is 1. The number of aromatic nitrogens is 2. The molecular formula is C22H21N3OS2. The first kappa shape index (κ1) is 18.8. The number of pyridine rings is 1. The zero-order valence-corrected chi connectivity index (χ0v) is 17.5. The molecule has 0 aliphatic heterocycles. The van der Waals surface area contributed by atoms with Crippen molar-refractivity contribution in [3.8, 4) is 16.5 Å². The summed E-state index contributed by atoms with van der Waals surface area (Å²) in [5, 5.41) is 1.95. The van der Waals surface area contributed by atoms with E-state index in [1.807, 2.05) is 42.5 Å². The second-order valence-electron chi connectivity index (χ2n) is 6.37. The molecule has 0 fully saturated rings. The Balaban J connectivity index is 1.66. The molecular weight excluding hydrogens is 386 g/mol. The van der Waals surface area contributed by atoms with E-state index in [1.54, 1.807) is 11.3 Å². The fraction of sp³-hybridized carbons (Fsp3) is 0.227. The number of ether oxygens (including phenoxy) is 1. The van der Waals surface area contributed by atoms with Crippen molar-refractivity contribution in [3.63, 3.8) is 0 Å². The van der Waals surface area contributed by atoms with Crippen LogP contribution in [0, 0.1) is 0 Å². The zero-order valence-electron chi connectivity index (χ0n) is 15.9. The van der Waals surface area contributed by atoms with Crippen molar-refractivity contribution >= 4 is 49.7 Å². The average Bonchev–Trinajstić information content (AvgIpc) is 3.17. The zero-order chi connectivity index (χ0) is 19.5. The minimum Gasteiger partial charge on any atom is -0.484 e. The Labute approximate surface area is 173 Å². The number of thiocarbonyl (C=S) groups is 1. The van der Waals surface area contributed by atoms with Crippen LogP contribution in [-0.4, -0.2) is 39.6 Å². The van der Waals surface area contributed by atoms with Crippen molar-refractivity contribution < 1.29 is 4.74 Å². The summed E-state index contributed by atoms with van der Waals surface area (Å²) in [6.07, 6.45) is 0. The molecule has 0 amide bonds. The summed E-state index contributed by atoms with van der Waals surface area (Å²) >= 11 is 7.16. The van der Waals surface area contributed by atoms with E-state index in [4.69, 9.17) is 26.9 Å². The highest BCUT2D eigenvalue weighted by molar-refractivity contribution is 7.80. The first-order chi connectivity index (χ1) is 13.7. The molecule has 0 saturated carbocycles. The van der Waals surface area contributed by atoms with Gasteiger partial charge in [-0.1, -0.05) is 42.5 Å². The van der Waals surface area contributed by atoms with Crippen LogP contribution < -0.4 is 4.74 Å². The summed E-state index contributed by atoms with van der Waals surface area (Å²) in [6, 6.07) is 18.2. The van der Waals surface area contributed by atoms with Gasteiger partial charge in [0.05, 0.1) is 15.9 Å². The molecule has 0 unspecified atom stereocenters. The van der Waals surface area contributed by atoms with Crippen LogP contribution >= 0.6 is 23.6 Å². The Kier molecular flexibility index (Phi) is 5.50. The van der Waals surface area contributed by atoms with Crippen molar-refractivity contribution in [2.45, 2.75) is 13.8 Å². The number of nitrogens with zero attached hydrogens (tertiary/aromatic N) is 3. The third kappa shape index (κ3) is 3.70. The highest BCUT2D eigenvalue weighted by Gasteiger charge is 2.12. The molecule has 142 valence electrons. The first-order valence-electron chi connectivity index (χ1n) is 9.36. The van der Waals surface area contributed by atoms with E-state index in [1.165, 1.54) is 0 Å². The second kappa shape index (κ2) is 8.20. The number of hydrogen-bond donors (Lipinski definition) is 0. The summed E-state index contributed by atoms with van der Waals surface area (Å²) in [4.78, 5) is 12.5. The molecule has 28 heavy (non-hydrogen) atoms. The van der Waals surface area contributed by atoms with Gasteiger partial charge < -0.3 is 9.64 Å². The lowest BCUT2D eigenvalue weighted by atomic mass is 10.2. The maximum Gasteiger partial charge on any atom is 0.146 e. The van der Waals surface area contributed by atoms with Gasteiger partial charge in [-0.2, -0.15) is 0 Å². The number of likely N-dealkylation sites (N-methyl/N-ethyl adjacent to an activating group) is 1. The van der Waals surface area contributed by atoms with E-state index >= 15 is 0 Å². The van der Waals surface area contributed by atoms with E-state index in [2.05, 4.69) is 30.9 Å². The van der Waals surface area contributed by atoms with Crippen molar-refractivity contribution in [3.05, 3.63) is 54.6 Å². The van der Waals surface area contributed by atoms with Gasteiger partial charge in [0, 0.05) is 18.5 Å². The highest BCUT2D eigenvalue weighted by Crippen LogP contribution is 2.32. The van der Waals surface area contributed by atoms with Crippen molar-refractivity contribution in [1.82, 2.24) is 14.9 Å². The Morgan fingerprint density at radius 3 is 2.61 bits per heavy atom. The molecule has 0 aliphatic carbocycles. The number of fused-ring (bicyclic) bond motifs is 2. The van der Waals surface area contributed by atoms with Crippen molar-refractivity contribution in [2.75, 3.05) is 19.7 Å². The SMILES string of the molecule is CCN(CC)C(=S)COc1cccc2ccc(-c3nc4ccccc4s3)nc12. The van der Waals surface area contributed by atoms with Crippen LogP contribution in [0.1, 0.15) is 13.8 Å². The number of para-hydroxylation sites is 2. The summed E-state index contributed by atoms with van der Waals surface area (Å²) < 4.78 is 7.21. The number of rotatable bonds is 6. The van der Waals surface area contributed by atoms with Gasteiger partial charge in [0.2, 0.25) is 0 Å². The molecule has 2 heterocycles. The number of benzene rings is 2. The summed E-state index contributed by atoms with van der Waals surface area (Å²) in [6.45, 7) is 6.34. The Morgan fingerprint density at radius 1 is 1.00 bits per heavy atom. The monoisotopic (exact) mass is 407 g/mol. The maximum absolute atomic E-state index is 6.05. The van der Waals surface area contributed by atoms with Crippen molar-refractivity contribution in [2.24, 2.45) is 0 Å². The van der Waals surface area contributed by atoms with Gasteiger partial charge in [0.15, 0.2) is 0 Å². The third-order valence-corrected chi connectivity index (χ3v) is 6.10. The molecule has 0 aliphatic rings. The molecule has 0 spiro atoms. The fourth-order valence-electron chi connectivity index (χ4n) is 3.14. The van der Waals surface area contributed by atoms with E-state index in [9.17, 15) is 0 Å². The Morgan fingerprint density at radius 2 is 1.82 bits per heavy atom. The highest BCUT2D eigenvalue weighted by atomic mass is 32.1. The Hall–Kier alpha value is -2.57. The maximum atomic E-state index is 6.05. The molecule has 4 nitrogen and oxygen atoms in total. The van der Waals surface area contributed by atoms with Crippen molar-refractivity contribution in [1.29, 1.82) is 0 Å². The predicted molar refractivity (Wildman–Crippen MR) is 121 cm³/mol. The third-order valence-electron chi connectivity index (χ3n) is 4.66. The fourth-order valence-corrected chi connectivity index (χ4v) is 4.40. The van der Waals surface area contributed by atoms with Crippen LogP contribution in [0.15, 0.2) is 54.6 Å². The molecule has 6 heteroatoms. The lowest BCUT2D eigenvalue weighted by Gasteiger charge is -2.21. The quantitative estimate of drug-likeness (QED) is 0.391. The molecule has 0 atom stereocenters. The first-order valence-corrected chi connectivity index (χ1v) is 10.6. The molecule has 4 rings (SSSR count). The van der Waals surface area contributed by atoms with Crippen LogP contribution in [0.3, 0.4) is 0 Å².